The summed E-state index contributed by atoms with van der Waals surface area (Å²) in [5, 5.41) is 7.11. The third-order valence-electron chi connectivity index (χ3n) is 7.56. The lowest BCUT2D eigenvalue weighted by Crippen LogP contribution is -2.67. The van der Waals surface area contributed by atoms with E-state index in [2.05, 4.69) is 27.8 Å². The highest BCUT2D eigenvalue weighted by Gasteiger charge is 2.49. The Kier molecular flexibility index (Phi) is 6.80. The maximum Gasteiger partial charge on any atom is 0.247 e. The van der Waals surface area contributed by atoms with Crippen molar-refractivity contribution in [2.24, 2.45) is 11.8 Å². The van der Waals surface area contributed by atoms with Crippen LogP contribution in [0.5, 0.6) is 0 Å². The zero-order valence-corrected chi connectivity index (χ0v) is 22.0. The van der Waals surface area contributed by atoms with E-state index in [0.29, 0.717) is 12.0 Å². The van der Waals surface area contributed by atoms with E-state index >= 15 is 0 Å². The quantitative estimate of drug-likeness (QED) is 0.459. The van der Waals surface area contributed by atoms with Crippen LogP contribution in [0.25, 0.3) is 10.9 Å². The van der Waals surface area contributed by atoms with Crippen molar-refractivity contribution in [3.63, 3.8) is 0 Å². The minimum absolute atomic E-state index is 0.0453. The van der Waals surface area contributed by atoms with Gasteiger partial charge in [0.05, 0.1) is 0 Å². The molecule has 0 saturated carbocycles. The first-order chi connectivity index (χ1) is 17.7. The van der Waals surface area contributed by atoms with Crippen LogP contribution in [0, 0.1) is 11.8 Å². The minimum atomic E-state index is -0.913. The molecular weight excluding hydrogens is 464 g/mol. The van der Waals surface area contributed by atoms with Crippen molar-refractivity contribution in [3.8, 4) is 0 Å². The van der Waals surface area contributed by atoms with E-state index in [1.165, 1.54) is 11.1 Å². The monoisotopic (exact) mass is 500 g/mol. The van der Waals surface area contributed by atoms with Crippen molar-refractivity contribution in [1.29, 1.82) is 0 Å². The summed E-state index contributed by atoms with van der Waals surface area (Å²) in [5.74, 6) is -0.517. The molecule has 2 heterocycles. The summed E-state index contributed by atoms with van der Waals surface area (Å²) >= 11 is 0. The number of H-pyrrole nitrogens is 1. The lowest BCUT2D eigenvalue weighted by molar-refractivity contribution is -0.158. The first kappa shape index (κ1) is 25.1. The van der Waals surface area contributed by atoms with E-state index < -0.39 is 18.1 Å². The van der Waals surface area contributed by atoms with Crippen LogP contribution in [0.15, 0.2) is 54.7 Å². The van der Waals surface area contributed by atoms with E-state index in [1.54, 1.807) is 4.90 Å². The number of rotatable bonds is 7. The molecule has 1 aliphatic carbocycles. The molecule has 0 unspecified atom stereocenters. The van der Waals surface area contributed by atoms with E-state index in [9.17, 15) is 14.4 Å². The van der Waals surface area contributed by atoms with Crippen molar-refractivity contribution < 1.29 is 14.4 Å². The molecule has 1 fully saturated rings. The summed E-state index contributed by atoms with van der Waals surface area (Å²) in [6.07, 6.45) is 3.79. The average Bonchev–Trinajstić information content (AvgIpc) is 3.49. The standard InChI is InChI=1S/C30H36N4O3/c1-17(2)13-25-28(35)33-26(23-14-20-7-5-6-8-21(20)15-23)30(37)34(25)27(29(36)32-18(3)4)22-10-9-19-11-12-31-24(19)16-22/h5-12,16-18,23,25-27,31H,13-15H2,1-4H3,(H,32,36)(H,33,35)/t25-,26-,27-/m1/s1. The summed E-state index contributed by atoms with van der Waals surface area (Å²) in [5.41, 5.74) is 4.02. The Morgan fingerprint density at radius 2 is 1.73 bits per heavy atom. The molecule has 0 radical (unpaired) electrons. The molecule has 1 saturated heterocycles. The number of hydrogen-bond acceptors (Lipinski definition) is 3. The first-order valence-electron chi connectivity index (χ1n) is 13.3. The zero-order valence-electron chi connectivity index (χ0n) is 22.0. The predicted octanol–water partition coefficient (Wildman–Crippen LogP) is 3.89. The Balaban J connectivity index is 1.57. The SMILES string of the molecule is CC(C)C[C@@H]1C(=O)N[C@H](C2Cc3ccccc3C2)C(=O)N1[C@@H](C(=O)NC(C)C)c1ccc2cc[nH]c2c1. The number of nitrogens with one attached hydrogen (secondary N) is 3. The fourth-order valence-corrected chi connectivity index (χ4v) is 5.91. The molecule has 5 rings (SSSR count). The van der Waals surface area contributed by atoms with Gasteiger partial charge in [-0.15, -0.1) is 0 Å². The van der Waals surface area contributed by atoms with Gasteiger partial charge in [0, 0.05) is 17.8 Å². The molecule has 3 atom stereocenters. The lowest BCUT2D eigenvalue weighted by Gasteiger charge is -2.45. The summed E-state index contributed by atoms with van der Waals surface area (Å²) in [6, 6.07) is 13.5. The van der Waals surface area contributed by atoms with Crippen molar-refractivity contribution in [1.82, 2.24) is 20.5 Å². The number of benzene rings is 2. The van der Waals surface area contributed by atoms with Gasteiger partial charge in [-0.05, 0) is 79.2 Å². The van der Waals surface area contributed by atoms with E-state index in [-0.39, 0.29) is 35.6 Å². The molecule has 37 heavy (non-hydrogen) atoms. The minimum Gasteiger partial charge on any atom is -0.361 e. The molecule has 7 heteroatoms. The van der Waals surface area contributed by atoms with Gasteiger partial charge >= 0.3 is 0 Å². The number of hydrogen-bond donors (Lipinski definition) is 3. The van der Waals surface area contributed by atoms with Gasteiger partial charge in [0.1, 0.15) is 18.1 Å². The Hall–Kier alpha value is -3.61. The maximum absolute atomic E-state index is 14.3. The van der Waals surface area contributed by atoms with Gasteiger partial charge < -0.3 is 20.5 Å². The van der Waals surface area contributed by atoms with E-state index in [1.807, 2.05) is 70.3 Å². The van der Waals surface area contributed by atoms with Gasteiger partial charge in [-0.25, -0.2) is 0 Å². The second-order valence-corrected chi connectivity index (χ2v) is 11.2. The van der Waals surface area contributed by atoms with Crippen LogP contribution in [0.3, 0.4) is 0 Å². The Morgan fingerprint density at radius 1 is 1.03 bits per heavy atom. The predicted molar refractivity (Wildman–Crippen MR) is 144 cm³/mol. The lowest BCUT2D eigenvalue weighted by atomic mass is 9.87. The maximum atomic E-state index is 14.3. The van der Waals surface area contributed by atoms with E-state index in [0.717, 1.165) is 23.7 Å². The molecule has 3 N–H and O–H groups in total. The Labute approximate surface area is 218 Å². The first-order valence-corrected chi connectivity index (χ1v) is 13.3. The van der Waals surface area contributed by atoms with Gasteiger partial charge in [-0.2, -0.15) is 0 Å². The normalized spacial score (nSPS) is 21.0. The second kappa shape index (κ2) is 10.0. The molecule has 7 nitrogen and oxygen atoms in total. The van der Waals surface area contributed by atoms with Crippen molar-refractivity contribution in [2.75, 3.05) is 0 Å². The smallest absolute Gasteiger partial charge is 0.247 e. The summed E-state index contributed by atoms with van der Waals surface area (Å²) in [4.78, 5) is 46.6. The largest absolute Gasteiger partial charge is 0.361 e. The highest BCUT2D eigenvalue weighted by atomic mass is 16.2. The van der Waals surface area contributed by atoms with Crippen LogP contribution < -0.4 is 10.6 Å². The molecule has 2 aromatic carbocycles. The third-order valence-corrected chi connectivity index (χ3v) is 7.56. The number of piperazine rings is 1. The second-order valence-electron chi connectivity index (χ2n) is 11.2. The fourth-order valence-electron chi connectivity index (χ4n) is 5.91. The summed E-state index contributed by atoms with van der Waals surface area (Å²) in [7, 11) is 0. The number of amides is 3. The molecule has 2 aliphatic rings. The molecular formula is C30H36N4O3. The van der Waals surface area contributed by atoms with Crippen molar-refractivity contribution >= 4 is 28.6 Å². The average molecular weight is 501 g/mol. The molecule has 3 amide bonds. The number of carbonyl (C=O) groups is 3. The number of aromatic nitrogens is 1. The van der Waals surface area contributed by atoms with Crippen LogP contribution in [0.2, 0.25) is 0 Å². The summed E-state index contributed by atoms with van der Waals surface area (Å²) < 4.78 is 0. The van der Waals surface area contributed by atoms with Gasteiger partial charge in [0.2, 0.25) is 17.7 Å². The van der Waals surface area contributed by atoms with Gasteiger partial charge in [0.15, 0.2) is 0 Å². The Bertz CT molecular complexity index is 1300. The van der Waals surface area contributed by atoms with Crippen molar-refractivity contribution in [3.05, 3.63) is 71.4 Å². The summed E-state index contributed by atoms with van der Waals surface area (Å²) in [6.45, 7) is 7.86. The molecule has 194 valence electrons. The van der Waals surface area contributed by atoms with Crippen LogP contribution in [0.4, 0.5) is 0 Å². The topological polar surface area (TPSA) is 94.3 Å². The third kappa shape index (κ3) is 4.87. The van der Waals surface area contributed by atoms with Crippen LogP contribution >= 0.6 is 0 Å². The van der Waals surface area contributed by atoms with Crippen LogP contribution in [0.1, 0.15) is 56.8 Å². The molecule has 3 aromatic rings. The number of carbonyl (C=O) groups excluding carboxylic acids is 3. The number of fused-ring (bicyclic) bond motifs is 2. The van der Waals surface area contributed by atoms with Crippen LogP contribution in [-0.2, 0) is 27.2 Å². The molecule has 1 aliphatic heterocycles. The number of aromatic amines is 1. The van der Waals surface area contributed by atoms with Crippen molar-refractivity contribution in [2.45, 2.75) is 71.1 Å². The molecule has 1 aromatic heterocycles. The van der Waals surface area contributed by atoms with E-state index in [4.69, 9.17) is 0 Å². The molecule has 0 spiro atoms. The highest BCUT2D eigenvalue weighted by Crippen LogP contribution is 2.36. The molecule has 0 bridgehead atoms. The van der Waals surface area contributed by atoms with Gasteiger partial charge in [-0.3, -0.25) is 14.4 Å². The zero-order chi connectivity index (χ0) is 26.3. The van der Waals surface area contributed by atoms with Gasteiger partial charge in [-0.1, -0.05) is 50.2 Å². The number of nitrogens with zero attached hydrogens (tertiary/aromatic N) is 1. The Morgan fingerprint density at radius 3 is 2.38 bits per heavy atom. The van der Waals surface area contributed by atoms with Gasteiger partial charge in [0.25, 0.3) is 0 Å². The highest BCUT2D eigenvalue weighted by molar-refractivity contribution is 6.00. The van der Waals surface area contributed by atoms with Crippen LogP contribution in [-0.4, -0.2) is 45.7 Å². The fraction of sp³-hybridized carbons (Fsp3) is 0.433.